The van der Waals surface area contributed by atoms with E-state index in [2.05, 4.69) is 10.00 Å². The quantitative estimate of drug-likeness (QED) is 0.861. The predicted octanol–water partition coefficient (Wildman–Crippen LogP) is 0.944. The topological polar surface area (TPSA) is 59.8 Å². The number of hydrogen-bond donors (Lipinski definition) is 1. The first-order chi connectivity index (χ1) is 10.8. The van der Waals surface area contributed by atoms with Gasteiger partial charge in [0.05, 0.1) is 18.9 Å². The van der Waals surface area contributed by atoms with Gasteiger partial charge in [0.25, 0.3) is 0 Å². The monoisotopic (exact) mass is 303 g/mol. The molecule has 1 fully saturated rings. The molecule has 1 aliphatic heterocycles. The van der Waals surface area contributed by atoms with Crippen molar-refractivity contribution in [3.8, 4) is 11.4 Å². The molecule has 1 aromatic carbocycles. The fourth-order valence-corrected chi connectivity index (χ4v) is 2.44. The lowest BCUT2D eigenvalue weighted by molar-refractivity contribution is 0.00465. The number of aliphatic hydroxyl groups is 1. The number of benzene rings is 1. The minimum atomic E-state index is -0.496. The molecular weight excluding hydrogens is 282 g/mol. The summed E-state index contributed by atoms with van der Waals surface area (Å²) in [5, 5.41) is 14.2. The maximum absolute atomic E-state index is 10.0. The average molecular weight is 303 g/mol. The lowest BCUT2D eigenvalue weighted by atomic mass is 10.3. The van der Waals surface area contributed by atoms with Crippen LogP contribution in [0.5, 0.6) is 5.75 Å². The summed E-state index contributed by atoms with van der Waals surface area (Å²) in [6, 6.07) is 9.54. The normalized spacial score (nSPS) is 17.3. The van der Waals surface area contributed by atoms with Gasteiger partial charge in [-0.25, -0.2) is 4.68 Å². The van der Waals surface area contributed by atoms with Crippen LogP contribution in [-0.4, -0.2) is 65.3 Å². The predicted molar refractivity (Wildman–Crippen MR) is 82.3 cm³/mol. The van der Waals surface area contributed by atoms with Crippen LogP contribution in [0.15, 0.2) is 42.7 Å². The highest BCUT2D eigenvalue weighted by Gasteiger charge is 2.15. The summed E-state index contributed by atoms with van der Waals surface area (Å²) in [7, 11) is 0. The fraction of sp³-hybridized carbons (Fsp3) is 0.438. The van der Waals surface area contributed by atoms with E-state index in [0.717, 1.165) is 37.7 Å². The van der Waals surface area contributed by atoms with Gasteiger partial charge in [-0.05, 0) is 30.3 Å². The third kappa shape index (κ3) is 4.07. The van der Waals surface area contributed by atoms with Crippen LogP contribution in [0, 0.1) is 0 Å². The van der Waals surface area contributed by atoms with Crippen LogP contribution in [0.1, 0.15) is 0 Å². The van der Waals surface area contributed by atoms with Gasteiger partial charge in [-0.3, -0.25) is 4.90 Å². The van der Waals surface area contributed by atoms with E-state index in [0.29, 0.717) is 13.2 Å². The van der Waals surface area contributed by atoms with Crippen molar-refractivity contribution in [1.29, 1.82) is 0 Å². The van der Waals surface area contributed by atoms with Crippen molar-refractivity contribution in [3.63, 3.8) is 0 Å². The largest absolute Gasteiger partial charge is 0.491 e. The van der Waals surface area contributed by atoms with E-state index in [9.17, 15) is 5.11 Å². The number of ether oxygens (including phenoxy) is 2. The number of rotatable bonds is 6. The van der Waals surface area contributed by atoms with Crippen LogP contribution < -0.4 is 4.74 Å². The lowest BCUT2D eigenvalue weighted by Gasteiger charge is -2.28. The molecule has 6 nitrogen and oxygen atoms in total. The molecule has 2 aromatic rings. The second kappa shape index (κ2) is 7.40. The van der Waals surface area contributed by atoms with Crippen LogP contribution in [0.3, 0.4) is 0 Å². The van der Waals surface area contributed by atoms with E-state index in [4.69, 9.17) is 9.47 Å². The summed E-state index contributed by atoms with van der Waals surface area (Å²) < 4.78 is 12.7. The van der Waals surface area contributed by atoms with Crippen molar-refractivity contribution < 1.29 is 14.6 Å². The maximum Gasteiger partial charge on any atom is 0.119 e. The minimum Gasteiger partial charge on any atom is -0.491 e. The summed E-state index contributed by atoms with van der Waals surface area (Å²) in [6.45, 7) is 4.13. The molecule has 3 rings (SSSR count). The Labute approximate surface area is 129 Å². The molecule has 0 amide bonds. The Hall–Kier alpha value is -1.89. The molecule has 0 unspecified atom stereocenters. The van der Waals surface area contributed by atoms with Crippen LogP contribution >= 0.6 is 0 Å². The molecule has 0 radical (unpaired) electrons. The molecule has 0 saturated carbocycles. The SMILES string of the molecule is O[C@H](COc1ccc(-n2cccn2)cc1)CN1CCOCC1. The van der Waals surface area contributed by atoms with Crippen LogP contribution in [0.4, 0.5) is 0 Å². The molecule has 0 spiro atoms. The number of morpholine rings is 1. The second-order valence-corrected chi connectivity index (χ2v) is 5.32. The number of β-amino-alcohol motifs (C(OH)–C–C–N with tert-alkyl or cyclic N) is 1. The van der Waals surface area contributed by atoms with Crippen LogP contribution in [-0.2, 0) is 4.74 Å². The summed E-state index contributed by atoms with van der Waals surface area (Å²) in [6.07, 6.45) is 3.14. The van der Waals surface area contributed by atoms with Gasteiger partial charge in [-0.1, -0.05) is 0 Å². The van der Waals surface area contributed by atoms with Gasteiger partial charge in [0.2, 0.25) is 0 Å². The van der Waals surface area contributed by atoms with Crippen molar-refractivity contribution >= 4 is 0 Å². The highest BCUT2D eigenvalue weighted by Crippen LogP contribution is 2.15. The first-order valence-electron chi connectivity index (χ1n) is 7.52. The van der Waals surface area contributed by atoms with Crippen molar-refractivity contribution in [1.82, 2.24) is 14.7 Å². The number of aliphatic hydroxyl groups excluding tert-OH is 1. The van der Waals surface area contributed by atoms with E-state index >= 15 is 0 Å². The smallest absolute Gasteiger partial charge is 0.119 e. The molecule has 1 N–H and O–H groups in total. The number of nitrogens with zero attached hydrogens (tertiary/aromatic N) is 3. The summed E-state index contributed by atoms with van der Waals surface area (Å²) in [4.78, 5) is 2.19. The van der Waals surface area contributed by atoms with Gasteiger partial charge < -0.3 is 14.6 Å². The zero-order valence-corrected chi connectivity index (χ0v) is 12.5. The highest BCUT2D eigenvalue weighted by molar-refractivity contribution is 5.36. The molecule has 1 atom stereocenters. The zero-order valence-electron chi connectivity index (χ0n) is 12.5. The summed E-state index contributed by atoms with van der Waals surface area (Å²) >= 11 is 0. The van der Waals surface area contributed by atoms with Crippen molar-refractivity contribution in [2.75, 3.05) is 39.5 Å². The van der Waals surface area contributed by atoms with Gasteiger partial charge in [0, 0.05) is 32.0 Å². The van der Waals surface area contributed by atoms with E-state index in [1.54, 1.807) is 10.9 Å². The molecular formula is C16H21N3O3. The number of aromatic nitrogens is 2. The minimum absolute atomic E-state index is 0.290. The molecule has 0 aliphatic carbocycles. The molecule has 1 saturated heterocycles. The third-order valence-electron chi connectivity index (χ3n) is 3.62. The summed E-state index contributed by atoms with van der Waals surface area (Å²) in [5.41, 5.74) is 0.978. The molecule has 0 bridgehead atoms. The molecule has 2 heterocycles. The molecule has 6 heteroatoms. The Morgan fingerprint density at radius 1 is 1.23 bits per heavy atom. The highest BCUT2D eigenvalue weighted by atomic mass is 16.5. The second-order valence-electron chi connectivity index (χ2n) is 5.32. The van der Waals surface area contributed by atoms with E-state index in [-0.39, 0.29) is 0 Å². The molecule has 1 aliphatic rings. The van der Waals surface area contributed by atoms with Gasteiger partial charge >= 0.3 is 0 Å². The first kappa shape index (κ1) is 15.0. The number of hydrogen-bond acceptors (Lipinski definition) is 5. The van der Waals surface area contributed by atoms with Crippen molar-refractivity contribution in [3.05, 3.63) is 42.7 Å². The van der Waals surface area contributed by atoms with E-state index in [1.807, 2.05) is 36.5 Å². The average Bonchev–Trinajstić information content (AvgIpc) is 3.09. The molecule has 22 heavy (non-hydrogen) atoms. The van der Waals surface area contributed by atoms with Crippen LogP contribution in [0.25, 0.3) is 5.69 Å². The third-order valence-corrected chi connectivity index (χ3v) is 3.62. The molecule has 118 valence electrons. The Bertz CT molecular complexity index is 551. The van der Waals surface area contributed by atoms with Gasteiger partial charge in [0.1, 0.15) is 18.5 Å². The van der Waals surface area contributed by atoms with E-state index in [1.165, 1.54) is 0 Å². The maximum atomic E-state index is 10.0. The Balaban J connectivity index is 1.46. The zero-order chi connectivity index (χ0) is 15.2. The van der Waals surface area contributed by atoms with Crippen molar-refractivity contribution in [2.24, 2.45) is 0 Å². The standard InChI is InChI=1S/C16H21N3O3/c20-15(12-18-8-10-21-11-9-18)13-22-16-4-2-14(3-5-16)19-7-1-6-17-19/h1-7,15,20H,8-13H2/t15-/m0/s1. The fourth-order valence-electron chi connectivity index (χ4n) is 2.44. The first-order valence-corrected chi connectivity index (χ1v) is 7.52. The Morgan fingerprint density at radius 3 is 2.68 bits per heavy atom. The van der Waals surface area contributed by atoms with Gasteiger partial charge in [0.15, 0.2) is 0 Å². The Kier molecular flexibility index (Phi) is 5.05. The van der Waals surface area contributed by atoms with Crippen molar-refractivity contribution in [2.45, 2.75) is 6.10 Å². The Morgan fingerprint density at radius 2 is 2.00 bits per heavy atom. The van der Waals surface area contributed by atoms with Crippen LogP contribution in [0.2, 0.25) is 0 Å². The lowest BCUT2D eigenvalue weighted by Crippen LogP contribution is -2.42. The van der Waals surface area contributed by atoms with E-state index < -0.39 is 6.10 Å². The summed E-state index contributed by atoms with van der Waals surface area (Å²) in [5.74, 6) is 0.747. The molecule has 1 aromatic heterocycles. The van der Waals surface area contributed by atoms with Gasteiger partial charge in [-0.15, -0.1) is 0 Å². The van der Waals surface area contributed by atoms with Gasteiger partial charge in [-0.2, -0.15) is 5.10 Å².